The Kier molecular flexibility index (Phi) is 8.19. The zero-order valence-corrected chi connectivity index (χ0v) is 22.7. The predicted molar refractivity (Wildman–Crippen MR) is 154 cm³/mol. The fourth-order valence-electron chi connectivity index (χ4n) is 5.15. The minimum Gasteiger partial charge on any atom is -0.378 e. The van der Waals surface area contributed by atoms with Gasteiger partial charge in [-0.25, -0.2) is 9.07 Å². The summed E-state index contributed by atoms with van der Waals surface area (Å²) in [6, 6.07) is 20.3. The van der Waals surface area contributed by atoms with Crippen molar-refractivity contribution in [1.82, 2.24) is 19.9 Å². The van der Waals surface area contributed by atoms with E-state index in [1.54, 1.807) is 21.7 Å². The van der Waals surface area contributed by atoms with E-state index in [9.17, 15) is 14.0 Å². The number of carbonyl (C=O) groups excluding carboxylic acids is 2. The summed E-state index contributed by atoms with van der Waals surface area (Å²) in [4.78, 5) is 31.7. The number of hydrogen-bond acceptors (Lipinski definition) is 5. The number of benzene rings is 3. The number of anilines is 2. The van der Waals surface area contributed by atoms with Crippen molar-refractivity contribution in [3.8, 4) is 0 Å². The maximum atomic E-state index is 14.0. The Morgan fingerprint density at radius 1 is 1.02 bits per heavy atom. The smallest absolute Gasteiger partial charge is 0.247 e. The number of para-hydroxylation sites is 1. The van der Waals surface area contributed by atoms with Crippen molar-refractivity contribution in [2.24, 2.45) is 5.92 Å². The summed E-state index contributed by atoms with van der Waals surface area (Å²) in [5, 5.41) is 11.4. The third-order valence-electron chi connectivity index (χ3n) is 7.30. The van der Waals surface area contributed by atoms with Crippen molar-refractivity contribution in [2.45, 2.75) is 38.4 Å². The van der Waals surface area contributed by atoms with E-state index in [0.717, 1.165) is 29.6 Å². The molecule has 3 aromatic carbocycles. The van der Waals surface area contributed by atoms with Crippen LogP contribution < -0.4 is 10.2 Å². The highest BCUT2D eigenvalue weighted by Crippen LogP contribution is 2.29. The molecule has 1 aromatic heterocycles. The first-order chi connectivity index (χ1) is 19.4. The predicted octanol–water partition coefficient (Wildman–Crippen LogP) is 5.03. The molecule has 1 aliphatic carbocycles. The van der Waals surface area contributed by atoms with Gasteiger partial charge in [0, 0.05) is 32.0 Å². The van der Waals surface area contributed by atoms with E-state index in [4.69, 9.17) is 0 Å². The molecule has 8 nitrogen and oxygen atoms in total. The number of nitrogens with zero attached hydrogens (tertiary/aromatic N) is 5. The fraction of sp³-hybridized carbons (Fsp3) is 0.290. The molecule has 2 amide bonds. The topological polar surface area (TPSA) is 83.4 Å². The molecule has 0 saturated carbocycles. The molecular weight excluding hydrogens is 507 g/mol. The van der Waals surface area contributed by atoms with Crippen LogP contribution in [0.4, 0.5) is 15.8 Å². The highest BCUT2D eigenvalue weighted by molar-refractivity contribution is 5.97. The van der Waals surface area contributed by atoms with Crippen LogP contribution >= 0.6 is 0 Å². The summed E-state index contributed by atoms with van der Waals surface area (Å²) < 4.78 is 15.3. The Morgan fingerprint density at radius 2 is 1.77 bits per heavy atom. The molecule has 0 aliphatic heterocycles. The molecular formula is C31H33FN6O2. The summed E-state index contributed by atoms with van der Waals surface area (Å²) >= 11 is 0. The lowest BCUT2D eigenvalue weighted by Crippen LogP contribution is -2.52. The van der Waals surface area contributed by atoms with Crippen LogP contribution in [0.5, 0.6) is 0 Å². The van der Waals surface area contributed by atoms with E-state index in [1.165, 1.54) is 12.1 Å². The van der Waals surface area contributed by atoms with Gasteiger partial charge in [0.15, 0.2) is 0 Å². The Balaban J connectivity index is 1.48. The normalized spacial score (nSPS) is 15.5. The minimum absolute atomic E-state index is 0.0778. The Bertz CT molecular complexity index is 1500. The monoisotopic (exact) mass is 540 g/mol. The number of carbonyl (C=O) groups is 2. The molecule has 0 spiro atoms. The van der Waals surface area contributed by atoms with E-state index >= 15 is 0 Å². The van der Waals surface area contributed by atoms with Crippen LogP contribution in [-0.4, -0.2) is 51.8 Å². The highest BCUT2D eigenvalue weighted by atomic mass is 19.1. The number of aromatic nitrogens is 3. The molecule has 2 unspecified atom stereocenters. The first kappa shape index (κ1) is 27.1. The fourth-order valence-corrected chi connectivity index (χ4v) is 5.15. The average Bonchev–Trinajstić information content (AvgIpc) is 3.37. The zero-order chi connectivity index (χ0) is 28.1. The van der Waals surface area contributed by atoms with Crippen molar-refractivity contribution >= 4 is 34.2 Å². The molecule has 0 saturated heterocycles. The lowest BCUT2D eigenvalue weighted by Gasteiger charge is -2.37. The second kappa shape index (κ2) is 12.1. The average molecular weight is 541 g/mol. The minimum atomic E-state index is -0.745. The van der Waals surface area contributed by atoms with Crippen LogP contribution in [0.1, 0.15) is 24.8 Å². The van der Waals surface area contributed by atoms with Crippen LogP contribution in [0.3, 0.4) is 0 Å². The van der Waals surface area contributed by atoms with E-state index in [1.807, 2.05) is 67.5 Å². The molecule has 9 heteroatoms. The quantitative estimate of drug-likeness (QED) is 0.301. The highest BCUT2D eigenvalue weighted by Gasteiger charge is 2.37. The largest absolute Gasteiger partial charge is 0.378 e. The number of halogens is 1. The molecule has 40 heavy (non-hydrogen) atoms. The van der Waals surface area contributed by atoms with Gasteiger partial charge in [0.25, 0.3) is 0 Å². The number of fused-ring (bicyclic) bond motifs is 1. The molecule has 2 atom stereocenters. The summed E-state index contributed by atoms with van der Waals surface area (Å²) in [6.07, 6.45) is 6.47. The van der Waals surface area contributed by atoms with Crippen LogP contribution in [0.2, 0.25) is 0 Å². The second-order valence-electron chi connectivity index (χ2n) is 10.3. The van der Waals surface area contributed by atoms with E-state index < -0.39 is 6.04 Å². The van der Waals surface area contributed by atoms with Crippen LogP contribution in [0.15, 0.2) is 84.9 Å². The van der Waals surface area contributed by atoms with Crippen molar-refractivity contribution < 1.29 is 14.0 Å². The third kappa shape index (κ3) is 6.20. The lowest BCUT2D eigenvalue weighted by molar-refractivity contribution is -0.142. The Hall–Kier alpha value is -4.53. The number of amides is 2. The molecule has 1 N–H and O–H groups in total. The van der Waals surface area contributed by atoms with Gasteiger partial charge in [-0.15, -0.1) is 5.10 Å². The lowest BCUT2D eigenvalue weighted by atomic mass is 9.85. The number of rotatable bonds is 9. The summed E-state index contributed by atoms with van der Waals surface area (Å²) in [6.45, 7) is 0.0786. The standard InChI is InChI=1S/C31H33FN6O2/c1-36(2)26-18-16-25(17-19-26)33-31(40)30(23-8-4-3-5-9-23)37(20-22-12-14-24(32)15-13-22)29(39)21-38-28-11-7-6-10-27(28)34-35-38/h3-4,6-7,10-19,23,30H,5,8-9,20-21H2,1-2H3,(H,33,40). The zero-order valence-electron chi connectivity index (χ0n) is 22.7. The van der Waals surface area contributed by atoms with Crippen LogP contribution in [0, 0.1) is 11.7 Å². The van der Waals surface area contributed by atoms with E-state index in [0.29, 0.717) is 17.6 Å². The van der Waals surface area contributed by atoms with Crippen molar-refractivity contribution in [3.05, 3.63) is 96.3 Å². The van der Waals surface area contributed by atoms with Gasteiger partial charge in [0.2, 0.25) is 11.8 Å². The number of hydrogen-bond donors (Lipinski definition) is 1. The molecule has 0 radical (unpaired) electrons. The number of allylic oxidation sites excluding steroid dienone is 2. The SMILES string of the molecule is CN(C)c1ccc(NC(=O)C(C2CC=CCC2)N(Cc2ccc(F)cc2)C(=O)Cn2nnc3ccccc32)cc1. The van der Waals surface area contributed by atoms with Gasteiger partial charge in [-0.05, 0) is 79.3 Å². The van der Waals surface area contributed by atoms with E-state index in [2.05, 4.69) is 27.8 Å². The summed E-state index contributed by atoms with van der Waals surface area (Å²) in [5.41, 5.74) is 3.83. The molecule has 5 rings (SSSR count). The maximum absolute atomic E-state index is 14.0. The molecule has 1 aliphatic rings. The van der Waals surface area contributed by atoms with Crippen molar-refractivity contribution in [1.29, 1.82) is 0 Å². The molecule has 4 aromatic rings. The van der Waals surface area contributed by atoms with Gasteiger partial charge in [-0.2, -0.15) is 0 Å². The van der Waals surface area contributed by atoms with Gasteiger partial charge >= 0.3 is 0 Å². The Morgan fingerprint density at radius 3 is 2.48 bits per heavy atom. The van der Waals surface area contributed by atoms with Gasteiger partial charge in [0.1, 0.15) is 23.9 Å². The summed E-state index contributed by atoms with van der Waals surface area (Å²) in [5.74, 6) is -0.957. The summed E-state index contributed by atoms with van der Waals surface area (Å²) in [7, 11) is 3.91. The van der Waals surface area contributed by atoms with Crippen molar-refractivity contribution in [3.63, 3.8) is 0 Å². The second-order valence-corrected chi connectivity index (χ2v) is 10.3. The van der Waals surface area contributed by atoms with Gasteiger partial charge in [-0.1, -0.05) is 41.6 Å². The van der Waals surface area contributed by atoms with Crippen LogP contribution in [0.25, 0.3) is 11.0 Å². The van der Waals surface area contributed by atoms with Gasteiger partial charge in [-0.3, -0.25) is 9.59 Å². The van der Waals surface area contributed by atoms with E-state index in [-0.39, 0.29) is 36.6 Å². The third-order valence-corrected chi connectivity index (χ3v) is 7.30. The number of nitrogens with one attached hydrogen (secondary N) is 1. The molecule has 0 bridgehead atoms. The van der Waals surface area contributed by atoms with Gasteiger partial charge in [0.05, 0.1) is 5.52 Å². The van der Waals surface area contributed by atoms with Crippen molar-refractivity contribution in [2.75, 3.05) is 24.3 Å². The first-order valence-electron chi connectivity index (χ1n) is 13.4. The molecule has 206 valence electrons. The molecule has 1 heterocycles. The van der Waals surface area contributed by atoms with Gasteiger partial charge < -0.3 is 15.1 Å². The maximum Gasteiger partial charge on any atom is 0.247 e. The molecule has 0 fully saturated rings. The Labute approximate surface area is 233 Å². The first-order valence-corrected chi connectivity index (χ1v) is 13.4. The van der Waals surface area contributed by atoms with Crippen LogP contribution in [-0.2, 0) is 22.7 Å².